The van der Waals surface area contributed by atoms with Crippen LogP contribution < -0.4 is 3.58 Å². The van der Waals surface area contributed by atoms with E-state index in [4.69, 9.17) is 0 Å². The van der Waals surface area contributed by atoms with Crippen molar-refractivity contribution in [3.63, 3.8) is 0 Å². The Kier molecular flexibility index (Phi) is 9.64. The number of rotatable bonds is 11. The van der Waals surface area contributed by atoms with E-state index in [1.165, 1.54) is 12.4 Å². The maximum atomic E-state index is 14.5. The van der Waals surface area contributed by atoms with Crippen molar-refractivity contribution < 1.29 is 8.78 Å². The topological polar surface area (TPSA) is 12.9 Å². The van der Waals surface area contributed by atoms with E-state index >= 15 is 0 Å². The van der Waals surface area contributed by atoms with Gasteiger partial charge in [-0.3, -0.25) is 0 Å². The Labute approximate surface area is 145 Å². The molecule has 0 aromatic carbocycles. The SMILES string of the molecule is CCC[CH2][Sn]([CH2]CCC)([CH2]CCC(C)C)[c]1c(F)cncc1F. The molecule has 1 rings (SSSR count). The predicted octanol–water partition coefficient (Wildman–Crippen LogP) is 6.05. The van der Waals surface area contributed by atoms with Gasteiger partial charge in [0.25, 0.3) is 0 Å². The number of halogens is 2. The van der Waals surface area contributed by atoms with Gasteiger partial charge >= 0.3 is 145 Å². The van der Waals surface area contributed by atoms with Gasteiger partial charge in [0.1, 0.15) is 0 Å². The number of hydrogen-bond donors (Lipinski definition) is 0. The Balaban J connectivity index is 3.17. The molecule has 0 radical (unpaired) electrons. The van der Waals surface area contributed by atoms with Gasteiger partial charge in [-0.2, -0.15) is 0 Å². The standard InChI is InChI=1S/C6H13.C5H2F2N.2C4H9.Sn/c1-4-5-6(2)3;6-4-1-5(7)3-8-2-4;2*1-3-4-2;/h6H,1,4-5H2,2-3H3;2-3H;2*1,3-4H2,2H3;. The first-order chi connectivity index (χ1) is 11.0. The fourth-order valence-corrected chi connectivity index (χ4v) is 19.5. The number of aromatic nitrogens is 1. The second-order valence-electron chi connectivity index (χ2n) is 7.25. The second-order valence-corrected chi connectivity index (χ2v) is 20.3. The maximum absolute atomic E-state index is 14.5. The molecule has 1 aromatic heterocycles. The summed E-state index contributed by atoms with van der Waals surface area (Å²) < 4.78 is 32.8. The summed E-state index contributed by atoms with van der Waals surface area (Å²) in [5.74, 6) is -0.0985. The van der Waals surface area contributed by atoms with Gasteiger partial charge in [0.15, 0.2) is 0 Å². The van der Waals surface area contributed by atoms with Crippen LogP contribution in [-0.4, -0.2) is 23.4 Å². The molecule has 0 amide bonds. The summed E-state index contributed by atoms with van der Waals surface area (Å²) in [5.41, 5.74) is 0. The number of nitrogens with zero attached hydrogens (tertiary/aromatic N) is 1. The predicted molar refractivity (Wildman–Crippen MR) is 97.9 cm³/mol. The molecule has 0 spiro atoms. The third-order valence-corrected chi connectivity index (χ3v) is 20.5. The summed E-state index contributed by atoms with van der Waals surface area (Å²) in [6.07, 6.45) is 9.13. The van der Waals surface area contributed by atoms with Crippen molar-refractivity contribution in [3.05, 3.63) is 24.0 Å². The van der Waals surface area contributed by atoms with Gasteiger partial charge in [-0.25, -0.2) is 0 Å². The fourth-order valence-electron chi connectivity index (χ4n) is 3.55. The molecule has 23 heavy (non-hydrogen) atoms. The molecule has 132 valence electrons. The van der Waals surface area contributed by atoms with Gasteiger partial charge in [-0.15, -0.1) is 0 Å². The Bertz CT molecular complexity index is 434. The van der Waals surface area contributed by atoms with E-state index in [1.807, 2.05) is 0 Å². The van der Waals surface area contributed by atoms with E-state index < -0.39 is 18.4 Å². The van der Waals surface area contributed by atoms with Gasteiger partial charge in [-0.1, -0.05) is 0 Å². The van der Waals surface area contributed by atoms with Crippen LogP contribution in [0.15, 0.2) is 12.4 Å². The molecule has 0 N–H and O–H groups in total. The molecule has 0 unspecified atom stereocenters. The van der Waals surface area contributed by atoms with Crippen molar-refractivity contribution in [3.8, 4) is 0 Å². The number of unbranched alkanes of at least 4 members (excludes halogenated alkanes) is 2. The Morgan fingerprint density at radius 1 is 0.913 bits per heavy atom. The molecule has 0 saturated heterocycles. The molecule has 0 bridgehead atoms. The van der Waals surface area contributed by atoms with Gasteiger partial charge in [0, 0.05) is 0 Å². The zero-order valence-electron chi connectivity index (χ0n) is 15.3. The summed E-state index contributed by atoms with van der Waals surface area (Å²) in [4.78, 5) is 3.71. The van der Waals surface area contributed by atoms with Gasteiger partial charge in [0.2, 0.25) is 0 Å². The summed E-state index contributed by atoms with van der Waals surface area (Å²) in [6, 6.07) is 0. The van der Waals surface area contributed by atoms with Crippen LogP contribution in [0.25, 0.3) is 0 Å². The van der Waals surface area contributed by atoms with E-state index in [0.717, 1.165) is 51.8 Å². The van der Waals surface area contributed by atoms with Crippen molar-refractivity contribution in [1.29, 1.82) is 0 Å². The minimum atomic E-state index is -3.07. The second kappa shape index (κ2) is 10.6. The fraction of sp³-hybridized carbons (Fsp3) is 0.737. The van der Waals surface area contributed by atoms with Crippen LogP contribution >= 0.6 is 0 Å². The van der Waals surface area contributed by atoms with Crippen LogP contribution in [0.2, 0.25) is 13.3 Å². The molecule has 1 nitrogen and oxygen atoms in total. The van der Waals surface area contributed by atoms with E-state index in [1.54, 1.807) is 0 Å². The summed E-state index contributed by atoms with van der Waals surface area (Å²) in [7, 11) is 0. The van der Waals surface area contributed by atoms with Crippen LogP contribution in [0, 0.1) is 17.6 Å². The van der Waals surface area contributed by atoms with E-state index in [-0.39, 0.29) is 11.6 Å². The van der Waals surface area contributed by atoms with Gasteiger partial charge < -0.3 is 0 Å². The molecule has 0 atom stereocenters. The molecule has 1 aromatic rings. The molecule has 0 aliphatic rings. The minimum absolute atomic E-state index is 0.377. The van der Waals surface area contributed by atoms with Crippen molar-refractivity contribution in [2.75, 3.05) is 0 Å². The number of pyridine rings is 1. The van der Waals surface area contributed by atoms with Crippen molar-refractivity contribution in [1.82, 2.24) is 4.98 Å². The molecular weight excluding hydrogens is 399 g/mol. The summed E-state index contributed by atoms with van der Waals surface area (Å²) in [6.45, 7) is 8.79. The molecule has 0 fully saturated rings. The first kappa shape index (κ1) is 20.9. The average molecular weight is 432 g/mol. The first-order valence-corrected chi connectivity index (χ1v) is 16.7. The number of hydrogen-bond acceptors (Lipinski definition) is 1. The van der Waals surface area contributed by atoms with Crippen LogP contribution in [0.4, 0.5) is 8.78 Å². The molecule has 1 heterocycles. The molecule has 0 aliphatic carbocycles. The molecule has 4 heteroatoms. The van der Waals surface area contributed by atoms with Crippen LogP contribution in [0.3, 0.4) is 0 Å². The van der Waals surface area contributed by atoms with Crippen LogP contribution in [0.5, 0.6) is 0 Å². The Hall–Kier alpha value is -0.191. The Morgan fingerprint density at radius 3 is 1.83 bits per heavy atom. The van der Waals surface area contributed by atoms with E-state index in [2.05, 4.69) is 32.7 Å². The van der Waals surface area contributed by atoms with Gasteiger partial charge in [0.05, 0.1) is 0 Å². The zero-order valence-corrected chi connectivity index (χ0v) is 18.2. The monoisotopic (exact) mass is 433 g/mol. The quantitative estimate of drug-likeness (QED) is 0.388. The molecule has 0 saturated carbocycles. The zero-order chi connectivity index (χ0) is 17.3. The molecular formula is C19H33F2NSn. The summed E-state index contributed by atoms with van der Waals surface area (Å²) in [5, 5.41) is 0. The van der Waals surface area contributed by atoms with Crippen molar-refractivity contribution in [2.45, 2.75) is 79.5 Å². The van der Waals surface area contributed by atoms with Gasteiger partial charge in [-0.05, 0) is 0 Å². The normalized spacial score (nSPS) is 12.1. The summed E-state index contributed by atoms with van der Waals surface area (Å²) >= 11 is -3.07. The Morgan fingerprint density at radius 2 is 1.39 bits per heavy atom. The van der Waals surface area contributed by atoms with Crippen molar-refractivity contribution in [2.24, 2.45) is 5.92 Å². The third kappa shape index (κ3) is 6.32. The van der Waals surface area contributed by atoms with Crippen LogP contribution in [-0.2, 0) is 0 Å². The van der Waals surface area contributed by atoms with E-state index in [9.17, 15) is 8.78 Å². The average Bonchev–Trinajstić information content (AvgIpc) is 2.50. The first-order valence-electron chi connectivity index (χ1n) is 9.26. The van der Waals surface area contributed by atoms with Crippen LogP contribution in [0.1, 0.15) is 66.2 Å². The molecule has 0 aliphatic heterocycles. The third-order valence-electron chi connectivity index (χ3n) is 4.84. The van der Waals surface area contributed by atoms with E-state index in [0.29, 0.717) is 9.50 Å². The van der Waals surface area contributed by atoms with Crippen molar-refractivity contribution >= 4 is 22.0 Å².